The molecule has 4 nitrogen and oxygen atoms in total. The average Bonchev–Trinajstić information content (AvgIpc) is 2.80. The summed E-state index contributed by atoms with van der Waals surface area (Å²) in [5, 5.41) is 1.53. The number of rotatable bonds is 1. The molecule has 0 N–H and O–H groups in total. The molecule has 0 unspecified atom stereocenters. The van der Waals surface area contributed by atoms with Crippen molar-refractivity contribution in [1.29, 1.82) is 0 Å². The molecule has 0 aliphatic carbocycles. The summed E-state index contributed by atoms with van der Waals surface area (Å²) in [6.07, 6.45) is 0.719. The molecule has 0 saturated carbocycles. The number of benzene rings is 1. The molecule has 2 aromatic heterocycles. The second-order valence-electron chi connectivity index (χ2n) is 4.02. The minimum Gasteiger partial charge on any atom is -0.424 e. The minimum atomic E-state index is -0.0492. The molecule has 1 aromatic carbocycles. The van der Waals surface area contributed by atoms with Crippen LogP contribution in [0.1, 0.15) is 12.8 Å². The van der Waals surface area contributed by atoms with E-state index in [1.807, 2.05) is 31.2 Å². The summed E-state index contributed by atoms with van der Waals surface area (Å²) in [7, 11) is 1.71. The molecule has 86 valence electrons. The number of fused-ring (bicyclic) bond motifs is 3. The van der Waals surface area contributed by atoms with E-state index in [2.05, 4.69) is 4.98 Å². The van der Waals surface area contributed by atoms with Crippen LogP contribution in [-0.4, -0.2) is 9.55 Å². The Balaban J connectivity index is 2.63. The van der Waals surface area contributed by atoms with Gasteiger partial charge in [0.15, 0.2) is 5.89 Å². The van der Waals surface area contributed by atoms with Crippen LogP contribution >= 0.6 is 0 Å². The summed E-state index contributed by atoms with van der Waals surface area (Å²) >= 11 is 0. The number of nitrogens with zero attached hydrogens (tertiary/aromatic N) is 2. The van der Waals surface area contributed by atoms with Gasteiger partial charge in [-0.15, -0.1) is 0 Å². The van der Waals surface area contributed by atoms with Crippen LogP contribution in [0.2, 0.25) is 0 Å². The van der Waals surface area contributed by atoms with Gasteiger partial charge in [-0.3, -0.25) is 9.36 Å². The van der Waals surface area contributed by atoms with Gasteiger partial charge < -0.3 is 4.42 Å². The second kappa shape index (κ2) is 3.45. The fourth-order valence-electron chi connectivity index (χ4n) is 2.06. The summed E-state index contributed by atoms with van der Waals surface area (Å²) in [5.41, 5.74) is 1.26. The molecule has 0 fully saturated rings. The van der Waals surface area contributed by atoms with Crippen LogP contribution in [0.25, 0.3) is 22.0 Å². The van der Waals surface area contributed by atoms with Gasteiger partial charge in [-0.05, 0) is 6.07 Å². The molecule has 0 spiro atoms. The monoisotopic (exact) mass is 228 g/mol. The molecule has 17 heavy (non-hydrogen) atoms. The molecule has 0 amide bonds. The molecular weight excluding hydrogens is 216 g/mol. The third-order valence-electron chi connectivity index (χ3n) is 2.98. The summed E-state index contributed by atoms with van der Waals surface area (Å²) in [5.74, 6) is 0.659. The zero-order chi connectivity index (χ0) is 12.0. The van der Waals surface area contributed by atoms with Crippen LogP contribution in [0, 0.1) is 0 Å². The lowest BCUT2D eigenvalue weighted by Gasteiger charge is -2.01. The van der Waals surface area contributed by atoms with Crippen LogP contribution in [-0.2, 0) is 13.5 Å². The van der Waals surface area contributed by atoms with E-state index in [1.165, 1.54) is 4.57 Å². The molecule has 0 atom stereocenters. The Hall–Kier alpha value is -2.10. The van der Waals surface area contributed by atoms with Crippen molar-refractivity contribution < 1.29 is 4.42 Å². The highest BCUT2D eigenvalue weighted by molar-refractivity contribution is 6.01. The van der Waals surface area contributed by atoms with Gasteiger partial charge >= 0.3 is 0 Å². The van der Waals surface area contributed by atoms with Crippen LogP contribution in [0.5, 0.6) is 0 Å². The van der Waals surface area contributed by atoms with Crippen molar-refractivity contribution in [3.8, 4) is 0 Å². The first kappa shape index (κ1) is 10.1. The van der Waals surface area contributed by atoms with Crippen LogP contribution in [0.4, 0.5) is 0 Å². The van der Waals surface area contributed by atoms with Crippen molar-refractivity contribution >= 4 is 22.0 Å². The summed E-state index contributed by atoms with van der Waals surface area (Å²) in [6, 6.07) is 7.48. The van der Waals surface area contributed by atoms with Gasteiger partial charge in [-0.2, -0.15) is 0 Å². The predicted octanol–water partition coefficient (Wildman–Crippen LogP) is 2.24. The van der Waals surface area contributed by atoms with E-state index < -0.39 is 0 Å². The number of hydrogen-bond donors (Lipinski definition) is 0. The quantitative estimate of drug-likeness (QED) is 0.641. The van der Waals surface area contributed by atoms with Crippen molar-refractivity contribution in [1.82, 2.24) is 9.55 Å². The number of aryl methyl sites for hydroxylation is 2. The molecule has 0 saturated heterocycles. The van der Waals surface area contributed by atoms with Gasteiger partial charge in [0.05, 0.1) is 0 Å². The lowest BCUT2D eigenvalue weighted by Crippen LogP contribution is -2.16. The van der Waals surface area contributed by atoms with E-state index in [-0.39, 0.29) is 5.56 Å². The summed E-state index contributed by atoms with van der Waals surface area (Å²) in [4.78, 5) is 16.5. The largest absolute Gasteiger partial charge is 0.424 e. The van der Waals surface area contributed by atoms with E-state index in [0.29, 0.717) is 17.0 Å². The number of hydrogen-bond acceptors (Lipinski definition) is 3. The van der Waals surface area contributed by atoms with Crippen LogP contribution in [0.15, 0.2) is 33.5 Å². The Morgan fingerprint density at radius 1 is 1.29 bits per heavy atom. The first-order valence-corrected chi connectivity index (χ1v) is 5.59. The Morgan fingerprint density at radius 3 is 2.71 bits per heavy atom. The molecule has 3 aromatic rings. The van der Waals surface area contributed by atoms with E-state index in [0.717, 1.165) is 17.3 Å². The standard InChI is InChI=1S/C13H12N2O2/c1-3-10-14-11-8-6-4-5-7-9(8)12(16)15(2)13(11)17-10/h4-7H,3H2,1-2H3. The molecule has 0 aliphatic heterocycles. The van der Waals surface area contributed by atoms with Gasteiger partial charge in [-0.1, -0.05) is 25.1 Å². The topological polar surface area (TPSA) is 48.0 Å². The van der Waals surface area contributed by atoms with Crippen molar-refractivity contribution in [2.24, 2.45) is 7.05 Å². The molecule has 2 heterocycles. The highest BCUT2D eigenvalue weighted by Crippen LogP contribution is 2.22. The van der Waals surface area contributed by atoms with Gasteiger partial charge in [0.1, 0.15) is 5.52 Å². The Kier molecular flexibility index (Phi) is 2.04. The molecule has 4 heteroatoms. The van der Waals surface area contributed by atoms with Gasteiger partial charge in [-0.25, -0.2) is 4.98 Å². The summed E-state index contributed by atoms with van der Waals surface area (Å²) in [6.45, 7) is 1.98. The SMILES string of the molecule is CCc1nc2c3ccccc3c(=O)n(C)c2o1. The number of aromatic nitrogens is 2. The Labute approximate surface area is 97.5 Å². The highest BCUT2D eigenvalue weighted by Gasteiger charge is 2.13. The highest BCUT2D eigenvalue weighted by atomic mass is 16.4. The maximum Gasteiger partial charge on any atom is 0.261 e. The lowest BCUT2D eigenvalue weighted by molar-refractivity contribution is 0.515. The number of oxazole rings is 1. The molecule has 0 radical (unpaired) electrons. The van der Waals surface area contributed by atoms with Crippen LogP contribution < -0.4 is 5.56 Å². The first-order valence-electron chi connectivity index (χ1n) is 5.59. The summed E-state index contributed by atoms with van der Waals surface area (Å²) < 4.78 is 7.11. The molecule has 0 aliphatic rings. The molecule has 3 rings (SSSR count). The average molecular weight is 228 g/mol. The molecule has 0 bridgehead atoms. The van der Waals surface area contributed by atoms with E-state index in [1.54, 1.807) is 7.05 Å². The van der Waals surface area contributed by atoms with E-state index >= 15 is 0 Å². The van der Waals surface area contributed by atoms with Gasteiger partial charge in [0.2, 0.25) is 5.71 Å². The van der Waals surface area contributed by atoms with Crippen molar-refractivity contribution in [3.05, 3.63) is 40.5 Å². The molecular formula is C13H12N2O2. The fraction of sp³-hybridized carbons (Fsp3) is 0.231. The zero-order valence-electron chi connectivity index (χ0n) is 9.73. The first-order chi connectivity index (χ1) is 8.22. The smallest absolute Gasteiger partial charge is 0.261 e. The van der Waals surface area contributed by atoms with Gasteiger partial charge in [0.25, 0.3) is 5.56 Å². The predicted molar refractivity (Wildman–Crippen MR) is 66.1 cm³/mol. The van der Waals surface area contributed by atoms with Gasteiger partial charge in [0, 0.05) is 24.2 Å². The Morgan fingerprint density at radius 2 is 2.00 bits per heavy atom. The van der Waals surface area contributed by atoms with Crippen molar-refractivity contribution in [2.75, 3.05) is 0 Å². The van der Waals surface area contributed by atoms with E-state index in [4.69, 9.17) is 4.42 Å². The Bertz CT molecular complexity index is 768. The zero-order valence-corrected chi connectivity index (χ0v) is 9.73. The minimum absolute atomic E-state index is 0.0492. The van der Waals surface area contributed by atoms with E-state index in [9.17, 15) is 4.79 Å². The lowest BCUT2D eigenvalue weighted by atomic mass is 10.1. The second-order valence-corrected chi connectivity index (χ2v) is 4.02. The normalized spacial score (nSPS) is 11.4. The van der Waals surface area contributed by atoms with Crippen LogP contribution in [0.3, 0.4) is 0 Å². The third kappa shape index (κ3) is 1.30. The third-order valence-corrected chi connectivity index (χ3v) is 2.98. The van der Waals surface area contributed by atoms with Crippen molar-refractivity contribution in [2.45, 2.75) is 13.3 Å². The maximum absolute atomic E-state index is 12.1. The van der Waals surface area contributed by atoms with Crippen molar-refractivity contribution in [3.63, 3.8) is 0 Å². The number of pyridine rings is 1. The maximum atomic E-state index is 12.1. The fourth-order valence-corrected chi connectivity index (χ4v) is 2.06.